The Morgan fingerprint density at radius 2 is 1.84 bits per heavy atom. The third kappa shape index (κ3) is 3.54. The molecule has 0 aliphatic heterocycles. The van der Waals surface area contributed by atoms with Crippen LogP contribution in [0.25, 0.3) is 16.8 Å². The fourth-order valence-electron chi connectivity index (χ4n) is 5.62. The number of aryl methyl sites for hydroxylation is 1. The highest BCUT2D eigenvalue weighted by Crippen LogP contribution is 2.43. The smallest absolute Gasteiger partial charge is 0.271 e. The highest BCUT2D eigenvalue weighted by molar-refractivity contribution is 7.90. The molecule has 3 atom stereocenters. The minimum Gasteiger partial charge on any atom is -0.491 e. The van der Waals surface area contributed by atoms with Gasteiger partial charge in [0.25, 0.3) is 20.9 Å². The molecule has 5 aromatic rings. The van der Waals surface area contributed by atoms with Crippen molar-refractivity contribution in [3.05, 3.63) is 74.6 Å². The van der Waals surface area contributed by atoms with Crippen molar-refractivity contribution in [3.63, 3.8) is 0 Å². The third-order valence-corrected chi connectivity index (χ3v) is 9.29. The van der Waals surface area contributed by atoms with Crippen molar-refractivity contribution in [2.75, 3.05) is 12.4 Å². The number of ether oxygens (including phenoxy) is 1. The van der Waals surface area contributed by atoms with Gasteiger partial charge in [-0.05, 0) is 43.9 Å². The fourth-order valence-corrected chi connectivity index (χ4v) is 6.92. The molecule has 196 valence electrons. The average molecular weight is 535 g/mol. The van der Waals surface area contributed by atoms with Crippen molar-refractivity contribution in [3.8, 4) is 5.75 Å². The summed E-state index contributed by atoms with van der Waals surface area (Å²) < 4.78 is 35.0. The van der Waals surface area contributed by atoms with E-state index >= 15 is 0 Å². The molecule has 0 bridgehead atoms. The first-order chi connectivity index (χ1) is 18.2. The molecular formula is C26H26N6O5S. The molecule has 2 aromatic carbocycles. The molecule has 0 saturated heterocycles. The van der Waals surface area contributed by atoms with E-state index in [1.54, 1.807) is 30.3 Å². The summed E-state index contributed by atoms with van der Waals surface area (Å²) in [5.74, 6) is 1.01. The van der Waals surface area contributed by atoms with Gasteiger partial charge >= 0.3 is 0 Å². The molecule has 0 amide bonds. The van der Waals surface area contributed by atoms with Gasteiger partial charge in [0.1, 0.15) is 11.5 Å². The summed E-state index contributed by atoms with van der Waals surface area (Å²) in [5, 5.41) is 12.0. The largest absolute Gasteiger partial charge is 0.491 e. The molecular weight excluding hydrogens is 508 g/mol. The van der Waals surface area contributed by atoms with E-state index in [0.29, 0.717) is 23.4 Å². The average Bonchev–Trinajstić information content (AvgIpc) is 3.64. The van der Waals surface area contributed by atoms with Crippen molar-refractivity contribution in [2.24, 2.45) is 5.92 Å². The Labute approximate surface area is 217 Å². The highest BCUT2D eigenvalue weighted by Gasteiger charge is 2.39. The van der Waals surface area contributed by atoms with Crippen LogP contribution in [0.5, 0.6) is 5.75 Å². The maximum absolute atomic E-state index is 13.4. The van der Waals surface area contributed by atoms with Gasteiger partial charge in [-0.3, -0.25) is 14.0 Å². The van der Waals surface area contributed by atoms with E-state index in [9.17, 15) is 18.0 Å². The maximum atomic E-state index is 13.4. The van der Waals surface area contributed by atoms with Crippen molar-refractivity contribution in [2.45, 2.75) is 50.0 Å². The number of hydrogen-bond acceptors (Lipinski definition) is 9. The summed E-state index contributed by atoms with van der Waals surface area (Å²) in [6.45, 7) is 4.00. The van der Waals surface area contributed by atoms with Crippen molar-refractivity contribution in [1.82, 2.24) is 23.6 Å². The molecule has 38 heavy (non-hydrogen) atoms. The monoisotopic (exact) mass is 534 g/mol. The van der Waals surface area contributed by atoms with Crippen molar-refractivity contribution in [1.29, 1.82) is 0 Å². The van der Waals surface area contributed by atoms with Gasteiger partial charge in [0.2, 0.25) is 0 Å². The van der Waals surface area contributed by atoms with Crippen molar-refractivity contribution < 1.29 is 13.2 Å². The van der Waals surface area contributed by atoms with Crippen LogP contribution in [-0.2, 0) is 10.0 Å². The summed E-state index contributed by atoms with van der Waals surface area (Å²) in [4.78, 5) is 28.4. The Morgan fingerprint density at radius 3 is 2.55 bits per heavy atom. The summed E-state index contributed by atoms with van der Waals surface area (Å²) in [6, 6.07) is 8.35. The molecule has 3 aromatic heterocycles. The van der Waals surface area contributed by atoms with Crippen LogP contribution in [0.3, 0.4) is 0 Å². The number of aromatic nitrogens is 5. The molecule has 1 N–H and O–H groups in total. The Bertz CT molecular complexity index is 1860. The number of anilines is 1. The van der Waals surface area contributed by atoms with Gasteiger partial charge in [-0.25, -0.2) is 17.4 Å². The molecule has 0 radical (unpaired) electrons. The van der Waals surface area contributed by atoms with Crippen LogP contribution >= 0.6 is 0 Å². The van der Waals surface area contributed by atoms with Gasteiger partial charge in [0, 0.05) is 18.2 Å². The molecule has 1 saturated carbocycles. The lowest BCUT2D eigenvalue weighted by Gasteiger charge is -2.17. The molecule has 3 heterocycles. The quantitative estimate of drug-likeness (QED) is 0.312. The Morgan fingerprint density at radius 1 is 1.08 bits per heavy atom. The topological polar surface area (TPSA) is 138 Å². The molecule has 0 spiro atoms. The molecule has 1 unspecified atom stereocenters. The minimum atomic E-state index is -3.86. The van der Waals surface area contributed by atoms with Gasteiger partial charge in [0.05, 0.1) is 23.7 Å². The highest BCUT2D eigenvalue weighted by atomic mass is 32.2. The molecule has 1 aliphatic rings. The van der Waals surface area contributed by atoms with Gasteiger partial charge in [0.15, 0.2) is 17.0 Å². The van der Waals surface area contributed by atoms with E-state index in [-0.39, 0.29) is 39.9 Å². The summed E-state index contributed by atoms with van der Waals surface area (Å²) >= 11 is 0. The van der Waals surface area contributed by atoms with E-state index in [4.69, 9.17) is 4.74 Å². The predicted octanol–water partition coefficient (Wildman–Crippen LogP) is 2.61. The number of methoxy groups -OCH3 is 1. The zero-order chi connectivity index (χ0) is 26.8. The van der Waals surface area contributed by atoms with Crippen molar-refractivity contribution >= 4 is 32.5 Å². The van der Waals surface area contributed by atoms with E-state index in [0.717, 1.165) is 18.4 Å². The summed E-state index contributed by atoms with van der Waals surface area (Å²) in [5.41, 5.74) is 1.42. The van der Waals surface area contributed by atoms with Crippen LogP contribution in [0.4, 0.5) is 5.69 Å². The van der Waals surface area contributed by atoms with E-state index in [1.165, 1.54) is 23.5 Å². The van der Waals surface area contributed by atoms with E-state index in [1.807, 2.05) is 11.3 Å². The minimum absolute atomic E-state index is 0.00682. The molecule has 11 nitrogen and oxygen atoms in total. The number of rotatable bonds is 7. The van der Waals surface area contributed by atoms with Crippen LogP contribution in [0, 0.1) is 12.8 Å². The SMILES string of the molecule is CC[C@@H]1C[C@H](Nc2c(OC)c(=O)c2=O)CC1c1nnc2cnc3c(ccn3S(=O)(=O)c3ccc(C)cc3)n12. The first kappa shape index (κ1) is 24.3. The molecule has 1 aliphatic carbocycles. The molecule has 1 fully saturated rings. The second kappa shape index (κ2) is 8.76. The fraction of sp³-hybridized carbons (Fsp3) is 0.346. The van der Waals surface area contributed by atoms with Crippen LogP contribution in [-0.4, -0.2) is 45.1 Å². The first-order valence-corrected chi connectivity index (χ1v) is 13.9. The summed E-state index contributed by atoms with van der Waals surface area (Å²) in [6.07, 6.45) is 5.34. The standard InChI is InChI=1S/C26H26N6O5S/c1-4-15-11-16(28-21-22(33)23(34)24(21)37-3)12-18(15)25-30-29-20-13-27-26-19(32(20)25)9-10-31(26)38(35,36)17-7-5-14(2)6-8-17/h5-10,13,15-16,18,28H,4,11-12H2,1-3H3/t15-,16+,18?/m1/s1. The summed E-state index contributed by atoms with van der Waals surface area (Å²) in [7, 11) is -2.49. The Balaban J connectivity index is 1.39. The lowest BCUT2D eigenvalue weighted by atomic mass is 9.93. The van der Waals surface area contributed by atoms with Gasteiger partial charge in [-0.15, -0.1) is 10.2 Å². The lowest BCUT2D eigenvalue weighted by Crippen LogP contribution is -2.37. The lowest BCUT2D eigenvalue weighted by molar-refractivity contribution is 0.406. The Hall–Kier alpha value is -4.06. The predicted molar refractivity (Wildman–Crippen MR) is 141 cm³/mol. The second-order valence-electron chi connectivity index (χ2n) is 9.80. The van der Waals surface area contributed by atoms with Gasteiger partial charge in [-0.1, -0.05) is 31.0 Å². The number of hydrogen-bond donors (Lipinski definition) is 1. The normalized spacial score (nSPS) is 20.0. The number of nitrogens with one attached hydrogen (secondary N) is 1. The number of fused-ring (bicyclic) bond motifs is 3. The number of benzene rings is 1. The number of nitrogens with zero attached hydrogens (tertiary/aromatic N) is 5. The second-order valence-corrected chi connectivity index (χ2v) is 11.6. The van der Waals surface area contributed by atoms with Crippen LogP contribution in [0.15, 0.2) is 57.2 Å². The first-order valence-electron chi connectivity index (χ1n) is 12.4. The zero-order valence-electron chi connectivity index (χ0n) is 21.1. The van der Waals surface area contributed by atoms with E-state index in [2.05, 4.69) is 27.4 Å². The molecule has 6 rings (SSSR count). The molecule has 12 heteroatoms. The van der Waals surface area contributed by atoms with Gasteiger partial charge in [-0.2, -0.15) is 0 Å². The van der Waals surface area contributed by atoms with Crippen LogP contribution in [0.1, 0.15) is 43.5 Å². The third-order valence-electron chi connectivity index (χ3n) is 7.61. The Kier molecular flexibility index (Phi) is 5.60. The zero-order valence-corrected chi connectivity index (χ0v) is 21.9. The van der Waals surface area contributed by atoms with Gasteiger partial charge < -0.3 is 10.1 Å². The van der Waals surface area contributed by atoms with Crippen LogP contribution in [0.2, 0.25) is 0 Å². The van der Waals surface area contributed by atoms with E-state index < -0.39 is 20.9 Å². The maximum Gasteiger partial charge on any atom is 0.271 e. The van der Waals surface area contributed by atoms with Crippen LogP contribution < -0.4 is 20.9 Å².